The van der Waals surface area contributed by atoms with Gasteiger partial charge in [-0.3, -0.25) is 9.69 Å². The van der Waals surface area contributed by atoms with Gasteiger partial charge in [0.15, 0.2) is 0 Å². The van der Waals surface area contributed by atoms with E-state index in [1.165, 1.54) is 19.3 Å². The zero-order valence-electron chi connectivity index (χ0n) is 27.3. The predicted molar refractivity (Wildman–Crippen MR) is 177 cm³/mol. The molecule has 5 nitrogen and oxygen atoms in total. The van der Waals surface area contributed by atoms with Crippen LogP contribution in [0.2, 0.25) is 0 Å². The van der Waals surface area contributed by atoms with E-state index in [9.17, 15) is 4.79 Å². The molecule has 3 aromatic rings. The van der Waals surface area contributed by atoms with Gasteiger partial charge >= 0.3 is 0 Å². The molecule has 2 aliphatic heterocycles. The molecule has 230 valence electrons. The molecular formula is C38H50N2O3. The van der Waals surface area contributed by atoms with Crippen LogP contribution in [-0.2, 0) is 21.0 Å². The molecule has 1 amide bonds. The van der Waals surface area contributed by atoms with Crippen molar-refractivity contribution in [2.24, 2.45) is 0 Å². The summed E-state index contributed by atoms with van der Waals surface area (Å²) in [4.78, 5) is 17.2. The van der Waals surface area contributed by atoms with E-state index < -0.39 is 5.41 Å². The number of para-hydroxylation sites is 1. The van der Waals surface area contributed by atoms with E-state index in [0.29, 0.717) is 13.2 Å². The molecular weight excluding hydrogens is 532 g/mol. The molecule has 1 unspecified atom stereocenters. The van der Waals surface area contributed by atoms with Gasteiger partial charge in [0.1, 0.15) is 23.5 Å². The van der Waals surface area contributed by atoms with Crippen LogP contribution in [0, 0.1) is 0 Å². The van der Waals surface area contributed by atoms with Crippen LogP contribution < -0.4 is 14.8 Å². The van der Waals surface area contributed by atoms with E-state index in [2.05, 4.69) is 101 Å². The molecule has 1 atom stereocenters. The van der Waals surface area contributed by atoms with Gasteiger partial charge in [-0.2, -0.15) is 0 Å². The summed E-state index contributed by atoms with van der Waals surface area (Å²) in [6.45, 7) is 19.7. The largest absolute Gasteiger partial charge is 0.493 e. The van der Waals surface area contributed by atoms with Crippen molar-refractivity contribution >= 4 is 11.6 Å². The molecule has 5 heteroatoms. The van der Waals surface area contributed by atoms with Crippen LogP contribution in [0.3, 0.4) is 0 Å². The first-order valence-electron chi connectivity index (χ1n) is 16.1. The Morgan fingerprint density at radius 1 is 0.744 bits per heavy atom. The standard InChI is InChI=1S/C38H50N2O3/c1-8-23-42-33-18-16-27(36(2,3)4)25-30(33)38(29-14-10-11-15-32(29)39-35(38)41)31-26-28(37(5,6)7)17-19-34(31)43-24-22-40-20-12-9-13-21-40/h10-11,14-19,25-26H,8-9,12-13,20-24H2,1-7H3,(H,39,41). The SMILES string of the molecule is CCCOc1ccc(C(C)(C)C)cc1C1(c2cc(C(C)(C)C)ccc2OCCN2CCCCC2)C(=O)Nc2ccccc21. The fourth-order valence-corrected chi connectivity index (χ4v) is 6.45. The van der Waals surface area contributed by atoms with Crippen molar-refractivity contribution in [3.8, 4) is 11.5 Å². The lowest BCUT2D eigenvalue weighted by atomic mass is 9.67. The fourth-order valence-electron chi connectivity index (χ4n) is 6.45. The fraction of sp³-hybridized carbons (Fsp3) is 0.500. The summed E-state index contributed by atoms with van der Waals surface area (Å²) in [5.41, 5.74) is 4.42. The summed E-state index contributed by atoms with van der Waals surface area (Å²) >= 11 is 0. The van der Waals surface area contributed by atoms with E-state index in [4.69, 9.17) is 9.47 Å². The molecule has 0 aromatic heterocycles. The third-order valence-corrected chi connectivity index (χ3v) is 8.99. The minimum atomic E-state index is -1.15. The van der Waals surface area contributed by atoms with Gasteiger partial charge in [-0.15, -0.1) is 0 Å². The topological polar surface area (TPSA) is 50.8 Å². The number of carbonyl (C=O) groups excluding carboxylic acids is 1. The maximum atomic E-state index is 14.7. The lowest BCUT2D eigenvalue weighted by Gasteiger charge is -2.35. The van der Waals surface area contributed by atoms with Crippen molar-refractivity contribution in [2.75, 3.05) is 38.2 Å². The molecule has 1 N–H and O–H groups in total. The van der Waals surface area contributed by atoms with E-state index >= 15 is 0 Å². The average molecular weight is 583 g/mol. The van der Waals surface area contributed by atoms with Crippen molar-refractivity contribution in [2.45, 2.75) is 90.4 Å². The Morgan fingerprint density at radius 3 is 1.86 bits per heavy atom. The number of rotatable bonds is 9. The van der Waals surface area contributed by atoms with E-state index in [1.54, 1.807) is 0 Å². The molecule has 5 rings (SSSR count). The third kappa shape index (κ3) is 6.20. The number of hydrogen-bond acceptors (Lipinski definition) is 4. The first-order chi connectivity index (χ1) is 20.5. The number of fused-ring (bicyclic) bond motifs is 1. The lowest BCUT2D eigenvalue weighted by molar-refractivity contribution is -0.118. The quantitative estimate of drug-likeness (QED) is 0.276. The number of hydrogen-bond donors (Lipinski definition) is 1. The highest BCUT2D eigenvalue weighted by Gasteiger charge is 2.53. The number of ether oxygens (including phenoxy) is 2. The highest BCUT2D eigenvalue weighted by molar-refractivity contribution is 6.12. The van der Waals surface area contributed by atoms with Gasteiger partial charge in [0.05, 0.1) is 6.61 Å². The summed E-state index contributed by atoms with van der Waals surface area (Å²) in [7, 11) is 0. The maximum Gasteiger partial charge on any atom is 0.244 e. The molecule has 0 radical (unpaired) electrons. The zero-order valence-corrected chi connectivity index (χ0v) is 27.3. The van der Waals surface area contributed by atoms with Crippen molar-refractivity contribution in [1.82, 2.24) is 4.90 Å². The highest BCUT2D eigenvalue weighted by Crippen LogP contribution is 2.54. The highest BCUT2D eigenvalue weighted by atomic mass is 16.5. The molecule has 43 heavy (non-hydrogen) atoms. The lowest BCUT2D eigenvalue weighted by Crippen LogP contribution is -2.39. The first kappa shape index (κ1) is 31.1. The van der Waals surface area contributed by atoms with E-state index in [0.717, 1.165) is 71.1 Å². The molecule has 0 spiro atoms. The summed E-state index contributed by atoms with van der Waals surface area (Å²) in [5, 5.41) is 3.26. The number of piperidine rings is 1. The average Bonchev–Trinajstić information content (AvgIpc) is 3.27. The van der Waals surface area contributed by atoms with Crippen LogP contribution >= 0.6 is 0 Å². The number of anilines is 1. The van der Waals surface area contributed by atoms with Crippen molar-refractivity contribution < 1.29 is 14.3 Å². The molecule has 0 saturated carbocycles. The maximum absolute atomic E-state index is 14.7. The minimum Gasteiger partial charge on any atom is -0.493 e. The number of benzene rings is 3. The van der Waals surface area contributed by atoms with Crippen LogP contribution in [0.1, 0.15) is 102 Å². The summed E-state index contributed by atoms with van der Waals surface area (Å²) < 4.78 is 13.1. The summed E-state index contributed by atoms with van der Waals surface area (Å²) in [6.07, 6.45) is 4.68. The van der Waals surface area contributed by atoms with E-state index in [-0.39, 0.29) is 16.7 Å². The normalized spacial score (nSPS) is 19.2. The van der Waals surface area contributed by atoms with Gasteiger partial charge in [-0.25, -0.2) is 0 Å². The first-order valence-corrected chi connectivity index (χ1v) is 16.1. The molecule has 0 bridgehead atoms. The van der Waals surface area contributed by atoms with Crippen molar-refractivity contribution in [3.05, 3.63) is 88.5 Å². The molecule has 2 aliphatic rings. The molecule has 1 fully saturated rings. The van der Waals surface area contributed by atoms with Crippen LogP contribution in [0.5, 0.6) is 11.5 Å². The third-order valence-electron chi connectivity index (χ3n) is 8.99. The van der Waals surface area contributed by atoms with Gasteiger partial charge in [0.25, 0.3) is 0 Å². The van der Waals surface area contributed by atoms with Gasteiger partial charge in [-0.05, 0) is 84.6 Å². The van der Waals surface area contributed by atoms with Gasteiger partial charge in [0, 0.05) is 28.9 Å². The van der Waals surface area contributed by atoms with Crippen LogP contribution in [-0.4, -0.2) is 43.7 Å². The molecule has 0 aliphatic carbocycles. The van der Waals surface area contributed by atoms with Crippen LogP contribution in [0.4, 0.5) is 5.69 Å². The van der Waals surface area contributed by atoms with Gasteiger partial charge in [0.2, 0.25) is 5.91 Å². The second-order valence-corrected chi connectivity index (χ2v) is 14.3. The monoisotopic (exact) mass is 582 g/mol. The Kier molecular flexibility index (Phi) is 8.94. The van der Waals surface area contributed by atoms with E-state index in [1.807, 2.05) is 18.2 Å². The van der Waals surface area contributed by atoms with Crippen molar-refractivity contribution in [3.63, 3.8) is 0 Å². The minimum absolute atomic E-state index is 0.0759. The molecule has 1 saturated heterocycles. The Labute approximate surface area is 259 Å². The molecule has 3 aromatic carbocycles. The predicted octanol–water partition coefficient (Wildman–Crippen LogP) is 8.22. The van der Waals surface area contributed by atoms with Gasteiger partial charge in [-0.1, -0.05) is 85.2 Å². The smallest absolute Gasteiger partial charge is 0.244 e. The number of amides is 1. The van der Waals surface area contributed by atoms with Crippen LogP contribution in [0.15, 0.2) is 60.7 Å². The number of nitrogens with one attached hydrogen (secondary N) is 1. The Balaban J connectivity index is 1.76. The second-order valence-electron chi connectivity index (χ2n) is 14.3. The molecule has 2 heterocycles. The Hall–Kier alpha value is -3.31. The Bertz CT molecular complexity index is 1440. The second kappa shape index (κ2) is 12.4. The number of likely N-dealkylation sites (tertiary alicyclic amines) is 1. The van der Waals surface area contributed by atoms with Crippen molar-refractivity contribution in [1.29, 1.82) is 0 Å². The number of nitrogens with zero attached hydrogens (tertiary/aromatic N) is 1. The summed E-state index contributed by atoms with van der Waals surface area (Å²) in [6, 6.07) is 21.0. The van der Waals surface area contributed by atoms with Crippen LogP contribution in [0.25, 0.3) is 0 Å². The summed E-state index contributed by atoms with van der Waals surface area (Å²) in [5.74, 6) is 1.41. The Morgan fingerprint density at radius 2 is 1.30 bits per heavy atom. The van der Waals surface area contributed by atoms with Gasteiger partial charge < -0.3 is 14.8 Å². The zero-order chi connectivity index (χ0) is 30.8. The number of carbonyl (C=O) groups is 1.